The minimum absolute atomic E-state index is 0. The van der Waals surface area contributed by atoms with E-state index in [-0.39, 0.29) is 24.0 Å². The maximum atomic E-state index is 5.56. The molecule has 2 fully saturated rings. The van der Waals surface area contributed by atoms with Crippen molar-refractivity contribution >= 4 is 29.9 Å². The second kappa shape index (κ2) is 10.7. The van der Waals surface area contributed by atoms with Crippen molar-refractivity contribution in [3.8, 4) is 0 Å². The van der Waals surface area contributed by atoms with Crippen LogP contribution in [0.15, 0.2) is 4.99 Å². The standard InChI is InChI=1S/C16H33N5O.HI/c1-5-22-13-14-6-7-21(11-14)16(17-2)18-10-15-12-19(3)8-9-20(15)4;/h14-15H,5-13H2,1-4H3,(H,17,18);1H. The molecule has 0 bridgehead atoms. The van der Waals surface area contributed by atoms with E-state index >= 15 is 0 Å². The van der Waals surface area contributed by atoms with Crippen LogP contribution in [0.5, 0.6) is 0 Å². The van der Waals surface area contributed by atoms with Gasteiger partial charge < -0.3 is 19.9 Å². The van der Waals surface area contributed by atoms with Gasteiger partial charge in [-0.15, -0.1) is 24.0 Å². The van der Waals surface area contributed by atoms with Gasteiger partial charge in [0.2, 0.25) is 0 Å². The third kappa shape index (κ3) is 6.36. The Morgan fingerprint density at radius 1 is 1.22 bits per heavy atom. The van der Waals surface area contributed by atoms with Crippen molar-refractivity contribution in [2.24, 2.45) is 10.9 Å². The first-order valence-electron chi connectivity index (χ1n) is 8.56. The number of likely N-dealkylation sites (N-methyl/N-ethyl adjacent to an activating group) is 2. The molecule has 2 unspecified atom stereocenters. The maximum Gasteiger partial charge on any atom is 0.193 e. The van der Waals surface area contributed by atoms with E-state index in [0.29, 0.717) is 12.0 Å². The van der Waals surface area contributed by atoms with Gasteiger partial charge in [-0.3, -0.25) is 9.89 Å². The summed E-state index contributed by atoms with van der Waals surface area (Å²) in [5, 5.41) is 3.58. The summed E-state index contributed by atoms with van der Waals surface area (Å²) in [6, 6.07) is 0.553. The number of ether oxygens (including phenoxy) is 1. The molecule has 2 heterocycles. The third-order valence-electron chi connectivity index (χ3n) is 4.83. The topological polar surface area (TPSA) is 43.3 Å². The molecule has 0 spiro atoms. The Labute approximate surface area is 158 Å². The molecule has 0 radical (unpaired) electrons. The maximum absolute atomic E-state index is 5.56. The molecular weight excluding hydrogens is 405 g/mol. The number of piperazine rings is 1. The molecule has 2 atom stereocenters. The Kier molecular flexibility index (Phi) is 9.72. The second-order valence-electron chi connectivity index (χ2n) is 6.58. The van der Waals surface area contributed by atoms with E-state index in [1.54, 1.807) is 0 Å². The van der Waals surface area contributed by atoms with Crippen molar-refractivity contribution in [2.45, 2.75) is 19.4 Å². The Bertz CT molecular complexity index is 368. The van der Waals surface area contributed by atoms with Crippen LogP contribution < -0.4 is 5.32 Å². The number of hydrogen-bond acceptors (Lipinski definition) is 4. The highest BCUT2D eigenvalue weighted by Crippen LogP contribution is 2.16. The van der Waals surface area contributed by atoms with Crippen LogP contribution in [0.1, 0.15) is 13.3 Å². The number of nitrogens with zero attached hydrogens (tertiary/aromatic N) is 4. The molecule has 0 aliphatic carbocycles. The van der Waals surface area contributed by atoms with Gasteiger partial charge in [-0.1, -0.05) is 0 Å². The predicted molar refractivity (Wildman–Crippen MR) is 107 cm³/mol. The Balaban J connectivity index is 0.00000264. The van der Waals surface area contributed by atoms with Crippen LogP contribution in [-0.4, -0.2) is 100 Å². The highest BCUT2D eigenvalue weighted by atomic mass is 127. The van der Waals surface area contributed by atoms with Crippen LogP contribution in [0.25, 0.3) is 0 Å². The molecule has 0 aromatic rings. The lowest BCUT2D eigenvalue weighted by molar-refractivity contribution is 0.113. The molecule has 0 amide bonds. The number of guanidine groups is 1. The van der Waals surface area contributed by atoms with Gasteiger partial charge in [0.25, 0.3) is 0 Å². The summed E-state index contributed by atoms with van der Waals surface area (Å²) >= 11 is 0. The molecule has 2 rings (SSSR count). The van der Waals surface area contributed by atoms with Crippen LogP contribution in [0.3, 0.4) is 0 Å². The van der Waals surface area contributed by atoms with Crippen molar-refractivity contribution in [1.82, 2.24) is 20.0 Å². The minimum atomic E-state index is 0. The van der Waals surface area contributed by atoms with Gasteiger partial charge in [0.1, 0.15) is 0 Å². The van der Waals surface area contributed by atoms with Crippen LogP contribution in [0.2, 0.25) is 0 Å². The molecule has 7 heteroatoms. The molecule has 23 heavy (non-hydrogen) atoms. The normalized spacial score (nSPS) is 27.1. The van der Waals surface area contributed by atoms with Gasteiger partial charge in [0.05, 0.1) is 6.61 Å². The van der Waals surface area contributed by atoms with Crippen molar-refractivity contribution < 1.29 is 4.74 Å². The number of halogens is 1. The van der Waals surface area contributed by atoms with Crippen molar-refractivity contribution in [1.29, 1.82) is 0 Å². The first kappa shape index (κ1) is 20.9. The summed E-state index contributed by atoms with van der Waals surface area (Å²) in [5.74, 6) is 1.68. The van der Waals surface area contributed by atoms with Crippen molar-refractivity contribution in [3.63, 3.8) is 0 Å². The zero-order valence-electron chi connectivity index (χ0n) is 15.1. The van der Waals surface area contributed by atoms with Gasteiger partial charge in [-0.05, 0) is 27.4 Å². The first-order valence-corrected chi connectivity index (χ1v) is 8.56. The molecular formula is C16H34IN5O. The summed E-state index contributed by atoms with van der Waals surface area (Å²) in [5.41, 5.74) is 0. The minimum Gasteiger partial charge on any atom is -0.381 e. The quantitative estimate of drug-likeness (QED) is 0.390. The fraction of sp³-hybridized carbons (Fsp3) is 0.938. The highest BCUT2D eigenvalue weighted by Gasteiger charge is 2.26. The number of likely N-dealkylation sites (tertiary alicyclic amines) is 1. The molecule has 6 nitrogen and oxygen atoms in total. The van der Waals surface area contributed by atoms with E-state index in [4.69, 9.17) is 4.74 Å². The number of nitrogens with one attached hydrogen (secondary N) is 1. The molecule has 2 aliphatic rings. The summed E-state index contributed by atoms with van der Waals surface area (Å²) < 4.78 is 5.56. The fourth-order valence-corrected chi connectivity index (χ4v) is 3.31. The van der Waals surface area contributed by atoms with Gasteiger partial charge in [-0.25, -0.2) is 0 Å². The van der Waals surface area contributed by atoms with Crippen LogP contribution in [0, 0.1) is 5.92 Å². The van der Waals surface area contributed by atoms with E-state index in [1.165, 1.54) is 6.42 Å². The summed E-state index contributed by atoms with van der Waals surface area (Å²) in [4.78, 5) is 11.7. The number of aliphatic imine (C=N–C) groups is 1. The lowest BCUT2D eigenvalue weighted by Crippen LogP contribution is -2.55. The largest absolute Gasteiger partial charge is 0.381 e. The Morgan fingerprint density at radius 3 is 2.70 bits per heavy atom. The predicted octanol–water partition coefficient (Wildman–Crippen LogP) is 0.784. The lowest BCUT2D eigenvalue weighted by atomic mass is 10.1. The summed E-state index contributed by atoms with van der Waals surface area (Å²) in [6.45, 7) is 10.3. The molecule has 2 saturated heterocycles. The average molecular weight is 439 g/mol. The summed E-state index contributed by atoms with van der Waals surface area (Å²) in [6.07, 6.45) is 1.20. The SMILES string of the molecule is CCOCC1CCN(C(=NC)NCC2CN(C)CCN2C)C1.I. The van der Waals surface area contributed by atoms with E-state index in [2.05, 4.69) is 46.0 Å². The van der Waals surface area contributed by atoms with Gasteiger partial charge >= 0.3 is 0 Å². The van der Waals surface area contributed by atoms with E-state index in [9.17, 15) is 0 Å². The first-order chi connectivity index (χ1) is 10.6. The third-order valence-corrected chi connectivity index (χ3v) is 4.83. The smallest absolute Gasteiger partial charge is 0.193 e. The van der Waals surface area contributed by atoms with Crippen molar-refractivity contribution in [2.75, 3.05) is 73.6 Å². The van der Waals surface area contributed by atoms with E-state index < -0.39 is 0 Å². The Hall–Kier alpha value is -0.120. The number of hydrogen-bond donors (Lipinski definition) is 1. The monoisotopic (exact) mass is 439 g/mol. The second-order valence-corrected chi connectivity index (χ2v) is 6.58. The highest BCUT2D eigenvalue weighted by molar-refractivity contribution is 14.0. The molecule has 2 aliphatic heterocycles. The number of rotatable bonds is 5. The van der Waals surface area contributed by atoms with Crippen molar-refractivity contribution in [3.05, 3.63) is 0 Å². The summed E-state index contributed by atoms with van der Waals surface area (Å²) in [7, 11) is 6.30. The van der Waals surface area contributed by atoms with Crippen LogP contribution >= 0.6 is 24.0 Å². The zero-order chi connectivity index (χ0) is 15.9. The molecule has 0 aromatic carbocycles. The van der Waals surface area contributed by atoms with Crippen LogP contribution in [-0.2, 0) is 4.74 Å². The van der Waals surface area contributed by atoms with Crippen LogP contribution in [0.4, 0.5) is 0 Å². The Morgan fingerprint density at radius 2 is 2.00 bits per heavy atom. The van der Waals surface area contributed by atoms with E-state index in [0.717, 1.165) is 58.4 Å². The van der Waals surface area contributed by atoms with Gasteiger partial charge in [-0.2, -0.15) is 0 Å². The molecule has 136 valence electrons. The average Bonchev–Trinajstić information content (AvgIpc) is 2.98. The molecule has 0 aromatic heterocycles. The zero-order valence-corrected chi connectivity index (χ0v) is 17.5. The fourth-order valence-electron chi connectivity index (χ4n) is 3.31. The van der Waals surface area contributed by atoms with E-state index in [1.807, 2.05) is 7.05 Å². The lowest BCUT2D eigenvalue weighted by Gasteiger charge is -2.38. The van der Waals surface area contributed by atoms with Gasteiger partial charge in [0, 0.05) is 64.9 Å². The van der Waals surface area contributed by atoms with Gasteiger partial charge in [0.15, 0.2) is 5.96 Å². The molecule has 1 N–H and O–H groups in total. The molecule has 0 saturated carbocycles.